The molecule has 5 N–H and O–H groups in total. The molecule has 0 saturated heterocycles. The molecule has 178 valence electrons. The molecule has 2 saturated carbocycles. The lowest BCUT2D eigenvalue weighted by molar-refractivity contribution is 0.101. The van der Waals surface area contributed by atoms with Crippen molar-refractivity contribution >= 4 is 11.8 Å². The predicted octanol–water partition coefficient (Wildman–Crippen LogP) is 2.59. The zero-order valence-corrected chi connectivity index (χ0v) is 19.3. The molecule has 0 unspecified atom stereocenters. The lowest BCUT2D eigenvalue weighted by Crippen LogP contribution is -2.37. The number of pyridine rings is 1. The number of likely N-dealkylation sites (N-methyl/N-ethyl adjacent to an activating group) is 1. The lowest BCUT2D eigenvalue weighted by atomic mass is 9.85. The number of hydrogen-bond acceptors (Lipinski definition) is 8. The molecule has 0 aromatic carbocycles. The average Bonchev–Trinajstić information content (AvgIpc) is 2.76. The third kappa shape index (κ3) is 6.26. The summed E-state index contributed by atoms with van der Waals surface area (Å²) in [7, 11) is 3.36. The summed E-state index contributed by atoms with van der Waals surface area (Å²) in [5.41, 5.74) is 7.91. The van der Waals surface area contributed by atoms with E-state index in [1.165, 1.54) is 17.9 Å². The van der Waals surface area contributed by atoms with Crippen LogP contribution in [0.15, 0.2) is 17.8 Å². The highest BCUT2D eigenvalue weighted by atomic mass is 16.6. The maximum absolute atomic E-state index is 12.4. The number of ether oxygens (including phenoxy) is 2. The van der Waals surface area contributed by atoms with Gasteiger partial charge in [0.2, 0.25) is 0 Å². The first-order valence-electron chi connectivity index (χ1n) is 11.5. The van der Waals surface area contributed by atoms with Crippen LogP contribution in [0.1, 0.15) is 62.8 Å². The predicted molar refractivity (Wildman–Crippen MR) is 122 cm³/mol. The Morgan fingerprint density at radius 1 is 1.16 bits per heavy atom. The number of aliphatic hydroxyl groups is 1. The van der Waals surface area contributed by atoms with Crippen LogP contribution in [0.2, 0.25) is 0 Å². The molecule has 0 spiro atoms. The van der Waals surface area contributed by atoms with Crippen molar-refractivity contribution < 1.29 is 19.4 Å². The normalized spacial score (nSPS) is 17.9. The number of aliphatic hydroxyl groups excluding tert-OH is 1. The van der Waals surface area contributed by atoms with Gasteiger partial charge in [0.15, 0.2) is 0 Å². The van der Waals surface area contributed by atoms with E-state index in [0.717, 1.165) is 38.5 Å². The fourth-order valence-corrected chi connectivity index (χ4v) is 4.12. The van der Waals surface area contributed by atoms with Crippen molar-refractivity contribution in [3.63, 3.8) is 0 Å². The summed E-state index contributed by atoms with van der Waals surface area (Å²) < 4.78 is 11.5. The van der Waals surface area contributed by atoms with E-state index in [2.05, 4.69) is 4.98 Å². The second-order valence-corrected chi connectivity index (χ2v) is 8.88. The number of aromatic nitrogens is 1. The van der Waals surface area contributed by atoms with E-state index >= 15 is 0 Å². The Balaban J connectivity index is 1.69. The van der Waals surface area contributed by atoms with Crippen LogP contribution in [0.25, 0.3) is 5.70 Å². The quantitative estimate of drug-likeness (QED) is 0.389. The first-order valence-corrected chi connectivity index (χ1v) is 11.5. The van der Waals surface area contributed by atoms with E-state index < -0.39 is 6.09 Å². The van der Waals surface area contributed by atoms with Gasteiger partial charge in [-0.2, -0.15) is 0 Å². The second kappa shape index (κ2) is 11.4. The minimum absolute atomic E-state index is 0.0802. The number of hydrogen-bond donors (Lipinski definition) is 3. The molecule has 1 aromatic rings. The number of amides is 1. The first-order chi connectivity index (χ1) is 15.4. The van der Waals surface area contributed by atoms with E-state index in [-0.39, 0.29) is 25.0 Å². The smallest absolute Gasteiger partial charge is 0.409 e. The maximum Gasteiger partial charge on any atom is 0.409 e. The molecular formula is C23H37N5O4. The molecule has 0 bridgehead atoms. The number of nitrogens with two attached hydrogens (primary N) is 2. The van der Waals surface area contributed by atoms with Gasteiger partial charge >= 0.3 is 6.09 Å². The molecule has 3 rings (SSSR count). The molecule has 0 radical (unpaired) electrons. The summed E-state index contributed by atoms with van der Waals surface area (Å²) in [6.45, 7) is 0.344. The SMILES string of the molecule is CN(CC1CCC1)C(=O)OC/C(=C(/N)c1ccc(OC2CCCCC2)c(CO)n1)N(C)N. The van der Waals surface area contributed by atoms with E-state index in [9.17, 15) is 9.90 Å². The van der Waals surface area contributed by atoms with Crippen LogP contribution in [0, 0.1) is 5.92 Å². The largest absolute Gasteiger partial charge is 0.488 e. The maximum atomic E-state index is 12.4. The van der Waals surface area contributed by atoms with Crippen LogP contribution >= 0.6 is 0 Å². The van der Waals surface area contributed by atoms with Crippen molar-refractivity contribution in [2.75, 3.05) is 27.2 Å². The van der Waals surface area contributed by atoms with E-state index in [0.29, 0.717) is 35.3 Å². The summed E-state index contributed by atoms with van der Waals surface area (Å²) in [4.78, 5) is 18.4. The fourth-order valence-electron chi connectivity index (χ4n) is 4.12. The van der Waals surface area contributed by atoms with Crippen molar-refractivity contribution in [2.24, 2.45) is 17.5 Å². The highest BCUT2D eigenvalue weighted by molar-refractivity contribution is 5.68. The van der Waals surface area contributed by atoms with Crippen molar-refractivity contribution in [1.29, 1.82) is 0 Å². The van der Waals surface area contributed by atoms with Crippen LogP contribution < -0.4 is 16.3 Å². The highest BCUT2D eigenvalue weighted by Gasteiger charge is 2.23. The van der Waals surface area contributed by atoms with Gasteiger partial charge in [-0.25, -0.2) is 15.6 Å². The van der Waals surface area contributed by atoms with E-state index in [4.69, 9.17) is 21.1 Å². The molecule has 1 amide bonds. The van der Waals surface area contributed by atoms with Crippen LogP contribution in [0.4, 0.5) is 4.79 Å². The van der Waals surface area contributed by atoms with Gasteiger partial charge in [-0.05, 0) is 56.6 Å². The Hall–Kier alpha value is -2.52. The molecule has 1 aromatic heterocycles. The van der Waals surface area contributed by atoms with Gasteiger partial charge in [-0.3, -0.25) is 0 Å². The Morgan fingerprint density at radius 2 is 1.88 bits per heavy atom. The third-order valence-electron chi connectivity index (χ3n) is 6.34. The average molecular weight is 448 g/mol. The topological polar surface area (TPSA) is 127 Å². The van der Waals surface area contributed by atoms with Gasteiger partial charge in [0.25, 0.3) is 0 Å². The first kappa shape index (κ1) is 24.1. The number of hydrazine groups is 1. The summed E-state index contributed by atoms with van der Waals surface area (Å²) >= 11 is 0. The van der Waals surface area contributed by atoms with Gasteiger partial charge in [0.1, 0.15) is 18.1 Å². The van der Waals surface area contributed by atoms with Gasteiger partial charge in [0, 0.05) is 20.6 Å². The number of carbonyl (C=O) groups excluding carboxylic acids is 1. The van der Waals surface area contributed by atoms with Crippen molar-refractivity contribution in [1.82, 2.24) is 14.9 Å². The summed E-state index contributed by atoms with van der Waals surface area (Å²) in [6.07, 6.45) is 8.84. The molecule has 2 aliphatic rings. The second-order valence-electron chi connectivity index (χ2n) is 8.88. The fraction of sp³-hybridized carbons (Fsp3) is 0.652. The zero-order valence-electron chi connectivity index (χ0n) is 19.3. The summed E-state index contributed by atoms with van der Waals surface area (Å²) in [5, 5.41) is 11.1. The Morgan fingerprint density at radius 3 is 2.47 bits per heavy atom. The molecular weight excluding hydrogens is 410 g/mol. The Kier molecular flexibility index (Phi) is 8.58. The standard InChI is InChI=1S/C23H37N5O4/c1-27(13-16-7-6-8-16)23(30)31-15-20(28(2)25)22(24)18-11-12-21(19(14-29)26-18)32-17-9-4-3-5-10-17/h11-12,16-17,29H,3-10,13-15,24-25H2,1-2H3/b22-20-. The van der Waals surface area contributed by atoms with Crippen LogP contribution in [0.5, 0.6) is 5.75 Å². The molecule has 2 fully saturated rings. The minimum Gasteiger partial charge on any atom is -0.488 e. The molecule has 9 heteroatoms. The Labute approximate surface area is 190 Å². The van der Waals surface area contributed by atoms with Gasteiger partial charge < -0.3 is 30.2 Å². The number of carbonyl (C=O) groups is 1. The van der Waals surface area contributed by atoms with Crippen LogP contribution in [-0.4, -0.2) is 59.4 Å². The van der Waals surface area contributed by atoms with Gasteiger partial charge in [-0.15, -0.1) is 0 Å². The highest BCUT2D eigenvalue weighted by Crippen LogP contribution is 2.28. The van der Waals surface area contributed by atoms with Gasteiger partial charge in [0.05, 0.1) is 29.8 Å². The molecule has 0 aliphatic heterocycles. The third-order valence-corrected chi connectivity index (χ3v) is 6.34. The minimum atomic E-state index is -0.413. The summed E-state index contributed by atoms with van der Waals surface area (Å²) in [5.74, 6) is 7.09. The molecule has 32 heavy (non-hydrogen) atoms. The van der Waals surface area contributed by atoms with Gasteiger partial charge in [-0.1, -0.05) is 12.8 Å². The molecule has 1 heterocycles. The van der Waals surface area contributed by atoms with E-state index in [1.54, 1.807) is 31.1 Å². The Bertz CT molecular complexity index is 804. The van der Waals surface area contributed by atoms with Crippen LogP contribution in [0.3, 0.4) is 0 Å². The summed E-state index contributed by atoms with van der Waals surface area (Å²) in [6, 6.07) is 3.52. The van der Waals surface area contributed by atoms with Crippen molar-refractivity contribution in [3.8, 4) is 5.75 Å². The lowest BCUT2D eigenvalue weighted by Gasteiger charge is -2.30. The molecule has 9 nitrogen and oxygen atoms in total. The zero-order chi connectivity index (χ0) is 23.1. The molecule has 2 aliphatic carbocycles. The number of nitrogens with zero attached hydrogens (tertiary/aromatic N) is 3. The number of rotatable bonds is 9. The molecule has 0 atom stereocenters. The van der Waals surface area contributed by atoms with E-state index in [1.807, 2.05) is 0 Å². The van der Waals surface area contributed by atoms with Crippen LogP contribution in [-0.2, 0) is 11.3 Å². The van der Waals surface area contributed by atoms with Crippen molar-refractivity contribution in [2.45, 2.75) is 64.1 Å². The van der Waals surface area contributed by atoms with Crippen molar-refractivity contribution in [3.05, 3.63) is 29.2 Å². The monoisotopic (exact) mass is 447 g/mol.